The molecule has 0 bridgehead atoms. The summed E-state index contributed by atoms with van der Waals surface area (Å²) in [7, 11) is 3.13. The van der Waals surface area contributed by atoms with Crippen molar-refractivity contribution in [3.8, 4) is 11.4 Å². The summed E-state index contributed by atoms with van der Waals surface area (Å²) in [5.41, 5.74) is 1.64. The van der Waals surface area contributed by atoms with Gasteiger partial charge in [0.25, 0.3) is 0 Å². The SMILES string of the molecule is COc1ccc(CN(C)C(=O)CSc2nnc(Cc3cccs3)n2-c2ccccc2)cc1F. The maximum atomic E-state index is 14.0. The molecule has 0 atom stereocenters. The van der Waals surface area contributed by atoms with Gasteiger partial charge in [-0.05, 0) is 41.3 Å². The molecule has 0 aliphatic heterocycles. The normalized spacial score (nSPS) is 10.9. The van der Waals surface area contributed by atoms with E-state index in [4.69, 9.17) is 4.74 Å². The van der Waals surface area contributed by atoms with Crippen molar-refractivity contribution in [2.75, 3.05) is 19.9 Å². The van der Waals surface area contributed by atoms with Crippen LogP contribution in [0.3, 0.4) is 0 Å². The zero-order valence-corrected chi connectivity index (χ0v) is 19.9. The Hall–Kier alpha value is -3.17. The molecule has 4 rings (SSSR count). The second-order valence-electron chi connectivity index (χ2n) is 7.33. The van der Waals surface area contributed by atoms with Crippen LogP contribution in [0.15, 0.2) is 71.2 Å². The Kier molecular flexibility index (Phi) is 7.41. The van der Waals surface area contributed by atoms with Gasteiger partial charge in [0.2, 0.25) is 5.91 Å². The monoisotopic (exact) mass is 482 g/mol. The van der Waals surface area contributed by atoms with Crippen LogP contribution >= 0.6 is 23.1 Å². The topological polar surface area (TPSA) is 60.2 Å². The summed E-state index contributed by atoms with van der Waals surface area (Å²) in [6, 6.07) is 18.7. The molecule has 0 N–H and O–H groups in total. The lowest BCUT2D eigenvalue weighted by Crippen LogP contribution is -2.28. The van der Waals surface area contributed by atoms with E-state index in [0.29, 0.717) is 23.7 Å². The number of amides is 1. The molecule has 170 valence electrons. The van der Waals surface area contributed by atoms with Crippen molar-refractivity contribution in [2.45, 2.75) is 18.1 Å². The molecule has 0 unspecified atom stereocenters. The van der Waals surface area contributed by atoms with Crippen molar-refractivity contribution in [1.82, 2.24) is 19.7 Å². The molecule has 9 heteroatoms. The van der Waals surface area contributed by atoms with E-state index >= 15 is 0 Å². The third kappa shape index (κ3) is 5.61. The van der Waals surface area contributed by atoms with Gasteiger partial charge in [-0.1, -0.05) is 42.1 Å². The molecular weight excluding hydrogens is 459 g/mol. The highest BCUT2D eigenvalue weighted by molar-refractivity contribution is 7.99. The number of aromatic nitrogens is 3. The zero-order valence-electron chi connectivity index (χ0n) is 18.3. The number of ether oxygens (including phenoxy) is 1. The van der Waals surface area contributed by atoms with Crippen molar-refractivity contribution in [3.63, 3.8) is 0 Å². The van der Waals surface area contributed by atoms with Crippen molar-refractivity contribution in [2.24, 2.45) is 0 Å². The zero-order chi connectivity index (χ0) is 23.2. The highest BCUT2D eigenvalue weighted by Gasteiger charge is 2.18. The number of hydrogen-bond donors (Lipinski definition) is 0. The van der Waals surface area contributed by atoms with E-state index < -0.39 is 5.82 Å². The summed E-state index contributed by atoms with van der Waals surface area (Å²) in [6.07, 6.45) is 0.664. The molecule has 0 saturated carbocycles. The van der Waals surface area contributed by atoms with Gasteiger partial charge in [-0.3, -0.25) is 9.36 Å². The van der Waals surface area contributed by atoms with Gasteiger partial charge in [-0.15, -0.1) is 21.5 Å². The predicted molar refractivity (Wildman–Crippen MR) is 129 cm³/mol. The van der Waals surface area contributed by atoms with E-state index in [0.717, 1.165) is 11.5 Å². The van der Waals surface area contributed by atoms with Crippen molar-refractivity contribution in [1.29, 1.82) is 0 Å². The van der Waals surface area contributed by atoms with E-state index in [1.54, 1.807) is 35.4 Å². The van der Waals surface area contributed by atoms with Crippen molar-refractivity contribution < 1.29 is 13.9 Å². The molecule has 2 aromatic carbocycles. The third-order valence-electron chi connectivity index (χ3n) is 5.01. The number of para-hydroxylation sites is 1. The highest BCUT2D eigenvalue weighted by Crippen LogP contribution is 2.25. The van der Waals surface area contributed by atoms with Crippen LogP contribution < -0.4 is 4.74 Å². The molecule has 0 spiro atoms. The number of benzene rings is 2. The van der Waals surface area contributed by atoms with Crippen molar-refractivity contribution >= 4 is 29.0 Å². The van der Waals surface area contributed by atoms with Gasteiger partial charge in [-0.2, -0.15) is 0 Å². The smallest absolute Gasteiger partial charge is 0.233 e. The minimum Gasteiger partial charge on any atom is -0.494 e. The molecule has 0 aliphatic rings. The Bertz CT molecular complexity index is 1210. The number of hydrogen-bond acceptors (Lipinski definition) is 6. The fraction of sp³-hybridized carbons (Fsp3) is 0.208. The first-order valence-corrected chi connectivity index (χ1v) is 12.1. The number of halogens is 1. The maximum Gasteiger partial charge on any atom is 0.233 e. The number of thiophene rings is 1. The first-order chi connectivity index (χ1) is 16.0. The first-order valence-electron chi connectivity index (χ1n) is 10.3. The molecule has 0 radical (unpaired) electrons. The molecule has 0 saturated heterocycles. The van der Waals surface area contributed by atoms with E-state index in [2.05, 4.69) is 16.3 Å². The quantitative estimate of drug-likeness (QED) is 0.320. The molecular formula is C24H23FN4O2S2. The average Bonchev–Trinajstić information content (AvgIpc) is 3.48. The molecule has 4 aromatic rings. The van der Waals surface area contributed by atoms with E-state index in [-0.39, 0.29) is 17.4 Å². The van der Waals surface area contributed by atoms with Crippen LogP contribution in [0.5, 0.6) is 5.75 Å². The summed E-state index contributed by atoms with van der Waals surface area (Å²) in [5.74, 6) is 0.666. The van der Waals surface area contributed by atoms with E-state index in [1.807, 2.05) is 46.3 Å². The fourth-order valence-electron chi connectivity index (χ4n) is 3.32. The van der Waals surface area contributed by atoms with Crippen LogP contribution in [0.1, 0.15) is 16.3 Å². The van der Waals surface area contributed by atoms with Crippen LogP contribution in [0.25, 0.3) is 5.69 Å². The molecule has 33 heavy (non-hydrogen) atoms. The van der Waals surface area contributed by atoms with Crippen LogP contribution in [0.4, 0.5) is 4.39 Å². The fourth-order valence-corrected chi connectivity index (χ4v) is 4.93. The summed E-state index contributed by atoms with van der Waals surface area (Å²) in [6.45, 7) is 0.301. The molecule has 2 aromatic heterocycles. The lowest BCUT2D eigenvalue weighted by Gasteiger charge is -2.17. The van der Waals surface area contributed by atoms with Gasteiger partial charge in [0.15, 0.2) is 16.7 Å². The van der Waals surface area contributed by atoms with Gasteiger partial charge in [0.1, 0.15) is 5.82 Å². The first kappa shape index (κ1) is 23.0. The number of rotatable bonds is 9. The molecule has 1 amide bonds. The average molecular weight is 483 g/mol. The molecule has 2 heterocycles. The number of methoxy groups -OCH3 is 1. The van der Waals surface area contributed by atoms with Crippen LogP contribution in [-0.2, 0) is 17.8 Å². The van der Waals surface area contributed by atoms with Gasteiger partial charge in [0.05, 0.1) is 12.9 Å². The lowest BCUT2D eigenvalue weighted by molar-refractivity contribution is -0.127. The summed E-state index contributed by atoms with van der Waals surface area (Å²) in [5, 5.41) is 11.5. The Morgan fingerprint density at radius 1 is 1.15 bits per heavy atom. The van der Waals surface area contributed by atoms with E-state index in [9.17, 15) is 9.18 Å². The minimum atomic E-state index is -0.445. The van der Waals surface area contributed by atoms with Gasteiger partial charge in [-0.25, -0.2) is 4.39 Å². The second-order valence-corrected chi connectivity index (χ2v) is 9.31. The van der Waals surface area contributed by atoms with Gasteiger partial charge < -0.3 is 9.64 Å². The number of carbonyl (C=O) groups is 1. The number of carbonyl (C=O) groups excluding carboxylic acids is 1. The number of thioether (sulfide) groups is 1. The standard InChI is InChI=1S/C24H23FN4O2S2/c1-28(15-17-10-11-21(31-2)20(25)13-17)23(30)16-33-24-27-26-22(14-19-9-6-12-32-19)29(24)18-7-4-3-5-8-18/h3-13H,14-16H2,1-2H3. The lowest BCUT2D eigenvalue weighted by atomic mass is 10.2. The molecule has 6 nitrogen and oxygen atoms in total. The van der Waals surface area contributed by atoms with Crippen LogP contribution in [-0.4, -0.2) is 45.5 Å². The minimum absolute atomic E-state index is 0.0846. The number of nitrogens with zero attached hydrogens (tertiary/aromatic N) is 4. The Labute approximate surface area is 200 Å². The van der Waals surface area contributed by atoms with Gasteiger partial charge in [0, 0.05) is 30.6 Å². The molecule has 0 aliphatic carbocycles. The Morgan fingerprint density at radius 3 is 2.67 bits per heavy atom. The van der Waals surface area contributed by atoms with Gasteiger partial charge >= 0.3 is 0 Å². The third-order valence-corrected chi connectivity index (χ3v) is 6.80. The second kappa shape index (κ2) is 10.6. The van der Waals surface area contributed by atoms with Crippen LogP contribution in [0.2, 0.25) is 0 Å². The summed E-state index contributed by atoms with van der Waals surface area (Å²) in [4.78, 5) is 15.5. The van der Waals surface area contributed by atoms with E-state index in [1.165, 1.54) is 29.8 Å². The van der Waals surface area contributed by atoms with Crippen molar-refractivity contribution in [3.05, 3.63) is 88.1 Å². The Balaban J connectivity index is 1.46. The highest BCUT2D eigenvalue weighted by atomic mass is 32.2. The van der Waals surface area contributed by atoms with Crippen LogP contribution in [0, 0.1) is 5.82 Å². The molecule has 0 fully saturated rings. The summed E-state index contributed by atoms with van der Waals surface area (Å²) >= 11 is 3.01. The summed E-state index contributed by atoms with van der Waals surface area (Å²) < 4.78 is 20.9. The predicted octanol–water partition coefficient (Wildman–Crippen LogP) is 4.82. The largest absolute Gasteiger partial charge is 0.494 e. The Morgan fingerprint density at radius 2 is 1.97 bits per heavy atom. The maximum absolute atomic E-state index is 14.0.